The summed E-state index contributed by atoms with van der Waals surface area (Å²) >= 11 is 3.46. The van der Waals surface area contributed by atoms with E-state index in [-0.39, 0.29) is 12.1 Å². The average Bonchev–Trinajstić information content (AvgIpc) is 3.34. The first-order valence-electron chi connectivity index (χ1n) is 8.05. The van der Waals surface area contributed by atoms with Crippen molar-refractivity contribution in [1.82, 2.24) is 10.6 Å². The predicted molar refractivity (Wildman–Crippen MR) is 93.8 cm³/mol. The summed E-state index contributed by atoms with van der Waals surface area (Å²) in [6.45, 7) is 4.15. The topological polar surface area (TPSA) is 59.6 Å². The van der Waals surface area contributed by atoms with Crippen LogP contribution in [0.2, 0.25) is 0 Å². The zero-order valence-corrected chi connectivity index (χ0v) is 15.3. The molecule has 2 amide bonds. The Kier molecular flexibility index (Phi) is 7.17. The number of hydrogen-bond donors (Lipinski definition) is 2. The Balaban J connectivity index is 1.64. The van der Waals surface area contributed by atoms with Gasteiger partial charge in [0, 0.05) is 19.8 Å². The van der Waals surface area contributed by atoms with Gasteiger partial charge >= 0.3 is 6.03 Å². The van der Waals surface area contributed by atoms with E-state index in [0.29, 0.717) is 13.2 Å². The van der Waals surface area contributed by atoms with E-state index in [0.717, 1.165) is 34.7 Å². The summed E-state index contributed by atoms with van der Waals surface area (Å²) in [6, 6.07) is 5.54. The fourth-order valence-electron chi connectivity index (χ4n) is 2.19. The van der Waals surface area contributed by atoms with Gasteiger partial charge in [0.2, 0.25) is 0 Å². The van der Waals surface area contributed by atoms with Gasteiger partial charge in [0.15, 0.2) is 0 Å². The molecule has 0 aromatic heterocycles. The quantitative estimate of drug-likeness (QED) is 0.639. The van der Waals surface area contributed by atoms with Crippen LogP contribution in [0, 0.1) is 5.92 Å². The van der Waals surface area contributed by atoms with Crippen LogP contribution in [0.5, 0.6) is 5.75 Å². The molecule has 0 bridgehead atoms. The number of nitrogens with one attached hydrogen (secondary N) is 2. The fourth-order valence-corrected chi connectivity index (χ4v) is 2.75. The van der Waals surface area contributed by atoms with Crippen molar-refractivity contribution in [3.63, 3.8) is 0 Å². The number of ether oxygens (including phenoxy) is 2. The van der Waals surface area contributed by atoms with Crippen LogP contribution in [0.1, 0.15) is 37.8 Å². The van der Waals surface area contributed by atoms with Gasteiger partial charge in [-0.1, -0.05) is 6.07 Å². The van der Waals surface area contributed by atoms with E-state index in [9.17, 15) is 4.79 Å². The van der Waals surface area contributed by atoms with Gasteiger partial charge < -0.3 is 20.1 Å². The van der Waals surface area contributed by atoms with Gasteiger partial charge in [0.1, 0.15) is 5.75 Å². The van der Waals surface area contributed by atoms with E-state index in [4.69, 9.17) is 9.47 Å². The summed E-state index contributed by atoms with van der Waals surface area (Å²) in [7, 11) is 1.63. The summed E-state index contributed by atoms with van der Waals surface area (Å²) in [6.07, 6.45) is 3.45. The number of carbonyl (C=O) groups excluding carboxylic acids is 1. The van der Waals surface area contributed by atoms with E-state index < -0.39 is 0 Å². The first-order chi connectivity index (χ1) is 11.1. The Hall–Kier alpha value is -1.27. The Labute approximate surface area is 146 Å². The molecule has 5 nitrogen and oxygen atoms in total. The fraction of sp³-hybridized carbons (Fsp3) is 0.588. The monoisotopic (exact) mass is 384 g/mol. The molecule has 23 heavy (non-hydrogen) atoms. The lowest BCUT2D eigenvalue weighted by molar-refractivity contribution is 0.122. The van der Waals surface area contributed by atoms with Crippen LogP contribution in [-0.2, 0) is 4.74 Å². The molecule has 1 atom stereocenters. The zero-order chi connectivity index (χ0) is 16.7. The van der Waals surface area contributed by atoms with Crippen LogP contribution in [0.15, 0.2) is 22.7 Å². The van der Waals surface area contributed by atoms with E-state index in [1.165, 1.54) is 12.8 Å². The second-order valence-electron chi connectivity index (χ2n) is 5.89. The molecule has 128 valence electrons. The second kappa shape index (κ2) is 9.13. The van der Waals surface area contributed by atoms with Crippen LogP contribution < -0.4 is 15.4 Å². The van der Waals surface area contributed by atoms with Crippen molar-refractivity contribution in [3.8, 4) is 5.75 Å². The van der Waals surface area contributed by atoms with Crippen LogP contribution in [0.3, 0.4) is 0 Å². The maximum Gasteiger partial charge on any atom is 0.315 e. The molecule has 2 N–H and O–H groups in total. The van der Waals surface area contributed by atoms with Gasteiger partial charge in [-0.05, 0) is 65.7 Å². The number of benzene rings is 1. The highest BCUT2D eigenvalue weighted by atomic mass is 79.9. The molecule has 2 rings (SSSR count). The van der Waals surface area contributed by atoms with Gasteiger partial charge in [-0.25, -0.2) is 4.79 Å². The minimum Gasteiger partial charge on any atom is -0.496 e. The van der Waals surface area contributed by atoms with Gasteiger partial charge in [0.25, 0.3) is 0 Å². The minimum atomic E-state index is -0.161. The van der Waals surface area contributed by atoms with Crippen LogP contribution >= 0.6 is 15.9 Å². The Morgan fingerprint density at radius 2 is 2.22 bits per heavy atom. The average molecular weight is 385 g/mol. The normalized spacial score (nSPS) is 15.1. The molecule has 1 aliphatic carbocycles. The van der Waals surface area contributed by atoms with Crippen molar-refractivity contribution in [3.05, 3.63) is 28.2 Å². The minimum absolute atomic E-state index is 0.0803. The van der Waals surface area contributed by atoms with Crippen molar-refractivity contribution < 1.29 is 14.3 Å². The molecule has 1 aromatic rings. The maximum atomic E-state index is 11.9. The van der Waals surface area contributed by atoms with Gasteiger partial charge in [-0.3, -0.25) is 0 Å². The molecule has 0 saturated heterocycles. The highest BCUT2D eigenvalue weighted by molar-refractivity contribution is 9.10. The predicted octanol–water partition coefficient (Wildman–Crippen LogP) is 3.63. The van der Waals surface area contributed by atoms with Crippen LogP contribution in [-0.4, -0.2) is 32.9 Å². The lowest BCUT2D eigenvalue weighted by atomic mass is 10.1. The third-order valence-corrected chi connectivity index (χ3v) is 4.44. The lowest BCUT2D eigenvalue weighted by Crippen LogP contribution is -2.37. The Bertz CT molecular complexity index is 521. The largest absolute Gasteiger partial charge is 0.496 e. The number of amides is 2. The Morgan fingerprint density at radius 1 is 1.43 bits per heavy atom. The standard InChI is InChI=1S/C17H25BrN2O3/c1-12(14-6-7-16(22-2)15(18)10-14)20-17(21)19-8-3-9-23-11-13-4-5-13/h6-7,10,12-13H,3-5,8-9,11H2,1-2H3,(H2,19,20,21). The number of urea groups is 1. The first kappa shape index (κ1) is 18.1. The first-order valence-corrected chi connectivity index (χ1v) is 8.85. The molecule has 0 heterocycles. The van der Waals surface area contributed by atoms with E-state index in [2.05, 4.69) is 26.6 Å². The van der Waals surface area contributed by atoms with E-state index in [1.54, 1.807) is 7.11 Å². The summed E-state index contributed by atoms with van der Waals surface area (Å²) in [4.78, 5) is 11.9. The highest BCUT2D eigenvalue weighted by Crippen LogP contribution is 2.29. The van der Waals surface area contributed by atoms with Gasteiger partial charge in [-0.15, -0.1) is 0 Å². The van der Waals surface area contributed by atoms with Crippen molar-refractivity contribution in [2.75, 3.05) is 26.9 Å². The summed E-state index contributed by atoms with van der Waals surface area (Å²) in [5, 5.41) is 5.79. The zero-order valence-electron chi connectivity index (χ0n) is 13.7. The van der Waals surface area contributed by atoms with Gasteiger partial charge in [0.05, 0.1) is 17.6 Å². The number of halogens is 1. The second-order valence-corrected chi connectivity index (χ2v) is 6.74. The smallest absolute Gasteiger partial charge is 0.315 e. The molecule has 0 radical (unpaired) electrons. The summed E-state index contributed by atoms with van der Waals surface area (Å²) in [5.74, 6) is 1.56. The number of carbonyl (C=O) groups is 1. The molecule has 1 aromatic carbocycles. The third kappa shape index (κ3) is 6.39. The van der Waals surface area contributed by atoms with Crippen LogP contribution in [0.25, 0.3) is 0 Å². The lowest BCUT2D eigenvalue weighted by Gasteiger charge is -2.16. The number of hydrogen-bond acceptors (Lipinski definition) is 3. The van der Waals surface area contributed by atoms with E-state index >= 15 is 0 Å². The summed E-state index contributed by atoms with van der Waals surface area (Å²) in [5.41, 5.74) is 1.01. The molecule has 0 aliphatic heterocycles. The molecule has 1 saturated carbocycles. The SMILES string of the molecule is COc1ccc(C(C)NC(=O)NCCCOCC2CC2)cc1Br. The van der Waals surface area contributed by atoms with Crippen molar-refractivity contribution in [2.45, 2.75) is 32.2 Å². The Morgan fingerprint density at radius 3 is 2.87 bits per heavy atom. The highest BCUT2D eigenvalue weighted by Gasteiger charge is 2.20. The van der Waals surface area contributed by atoms with Crippen molar-refractivity contribution in [2.24, 2.45) is 5.92 Å². The van der Waals surface area contributed by atoms with Crippen LogP contribution in [0.4, 0.5) is 4.79 Å². The molecule has 1 unspecified atom stereocenters. The third-order valence-electron chi connectivity index (χ3n) is 3.82. The van der Waals surface area contributed by atoms with Crippen molar-refractivity contribution in [1.29, 1.82) is 0 Å². The van der Waals surface area contributed by atoms with Gasteiger partial charge in [-0.2, -0.15) is 0 Å². The molecule has 1 fully saturated rings. The maximum absolute atomic E-state index is 11.9. The van der Waals surface area contributed by atoms with E-state index in [1.807, 2.05) is 25.1 Å². The molecule has 0 spiro atoms. The summed E-state index contributed by atoms with van der Waals surface area (Å²) < 4.78 is 11.6. The molecular weight excluding hydrogens is 360 g/mol. The molecule has 6 heteroatoms. The number of methoxy groups -OCH3 is 1. The van der Waals surface area contributed by atoms with Crippen molar-refractivity contribution >= 4 is 22.0 Å². The molecular formula is C17H25BrN2O3. The molecule has 1 aliphatic rings. The number of rotatable bonds is 9.